The van der Waals surface area contributed by atoms with Gasteiger partial charge in [0.2, 0.25) is 0 Å². The van der Waals surface area contributed by atoms with Crippen molar-refractivity contribution in [2.24, 2.45) is 5.73 Å². The molecule has 0 aliphatic heterocycles. The molecule has 0 fully saturated rings. The van der Waals surface area contributed by atoms with Crippen molar-refractivity contribution in [2.45, 2.75) is 33.2 Å². The van der Waals surface area contributed by atoms with E-state index in [-0.39, 0.29) is 0 Å². The highest BCUT2D eigenvalue weighted by Crippen LogP contribution is 1.88. The van der Waals surface area contributed by atoms with Crippen molar-refractivity contribution in [3.05, 3.63) is 30.1 Å². The molecule has 0 radical (unpaired) electrons. The van der Waals surface area contributed by atoms with Gasteiger partial charge in [-0.3, -0.25) is 4.98 Å². The normalized spacial score (nSPS) is 8.58. The van der Waals surface area contributed by atoms with Crippen LogP contribution in [0.1, 0.15) is 32.4 Å². The van der Waals surface area contributed by atoms with Crippen LogP contribution >= 0.6 is 0 Å². The lowest BCUT2D eigenvalue weighted by Crippen LogP contribution is -1.97. The average molecular weight is 166 g/mol. The van der Waals surface area contributed by atoms with Gasteiger partial charge in [-0.2, -0.15) is 0 Å². The molecule has 0 amide bonds. The number of hydrogen-bond acceptors (Lipinski definition) is 2. The van der Waals surface area contributed by atoms with Gasteiger partial charge in [0.1, 0.15) is 0 Å². The highest BCUT2D eigenvalue weighted by molar-refractivity contribution is 5.02. The molecular formula is C10H18N2. The lowest BCUT2D eigenvalue weighted by molar-refractivity contribution is 0.886. The predicted molar refractivity (Wildman–Crippen MR) is 52.7 cm³/mol. The Morgan fingerprint density at radius 3 is 2.17 bits per heavy atom. The standard InChI is InChI=1S/C6H8N2.C4H10/c7-5-6-3-1-2-4-8-6;1-3-4-2/h1-4H,5,7H2;3-4H2,1-2H3. The minimum atomic E-state index is 0.529. The monoisotopic (exact) mass is 166 g/mol. The van der Waals surface area contributed by atoms with Gasteiger partial charge >= 0.3 is 0 Å². The van der Waals surface area contributed by atoms with Gasteiger partial charge in [0, 0.05) is 12.7 Å². The van der Waals surface area contributed by atoms with E-state index in [1.54, 1.807) is 6.20 Å². The molecule has 0 aliphatic rings. The molecule has 0 aromatic carbocycles. The summed E-state index contributed by atoms with van der Waals surface area (Å²) in [5.74, 6) is 0. The fourth-order valence-corrected chi connectivity index (χ4v) is 0.519. The van der Waals surface area contributed by atoms with E-state index in [1.165, 1.54) is 12.8 Å². The minimum absolute atomic E-state index is 0.529. The van der Waals surface area contributed by atoms with Crippen LogP contribution in [0.5, 0.6) is 0 Å². The first-order valence-electron chi connectivity index (χ1n) is 4.45. The summed E-state index contributed by atoms with van der Waals surface area (Å²) in [6.07, 6.45) is 4.38. The van der Waals surface area contributed by atoms with E-state index in [0.717, 1.165) is 5.69 Å². The van der Waals surface area contributed by atoms with E-state index in [0.29, 0.717) is 6.54 Å². The highest BCUT2D eigenvalue weighted by atomic mass is 14.7. The summed E-state index contributed by atoms with van der Waals surface area (Å²) in [5.41, 5.74) is 6.22. The van der Waals surface area contributed by atoms with Crippen molar-refractivity contribution in [3.63, 3.8) is 0 Å². The Bertz CT molecular complexity index is 170. The third kappa shape index (κ3) is 5.86. The number of unbranched alkanes of at least 4 members (excludes halogenated alkanes) is 1. The van der Waals surface area contributed by atoms with E-state index in [2.05, 4.69) is 18.8 Å². The minimum Gasteiger partial charge on any atom is -0.325 e. The molecule has 1 rings (SSSR count). The van der Waals surface area contributed by atoms with E-state index >= 15 is 0 Å². The van der Waals surface area contributed by atoms with Gasteiger partial charge in [0.15, 0.2) is 0 Å². The Balaban J connectivity index is 0.000000261. The van der Waals surface area contributed by atoms with Crippen LogP contribution in [0, 0.1) is 0 Å². The van der Waals surface area contributed by atoms with Gasteiger partial charge in [-0.05, 0) is 12.1 Å². The summed E-state index contributed by atoms with van der Waals surface area (Å²) < 4.78 is 0. The van der Waals surface area contributed by atoms with Crippen LogP contribution < -0.4 is 5.73 Å². The summed E-state index contributed by atoms with van der Waals surface area (Å²) in [4.78, 5) is 3.97. The van der Waals surface area contributed by atoms with E-state index in [4.69, 9.17) is 5.73 Å². The quantitative estimate of drug-likeness (QED) is 0.732. The number of hydrogen-bond donors (Lipinski definition) is 1. The molecule has 2 N–H and O–H groups in total. The van der Waals surface area contributed by atoms with Crippen LogP contribution in [-0.2, 0) is 6.54 Å². The SMILES string of the molecule is CCCC.NCc1ccccn1. The Morgan fingerprint density at radius 2 is 1.92 bits per heavy atom. The molecule has 0 saturated carbocycles. The van der Waals surface area contributed by atoms with Crippen LogP contribution in [-0.4, -0.2) is 4.98 Å². The summed E-state index contributed by atoms with van der Waals surface area (Å²) in [5, 5.41) is 0. The van der Waals surface area contributed by atoms with Gasteiger partial charge in [-0.15, -0.1) is 0 Å². The Kier molecular flexibility index (Phi) is 7.60. The average Bonchev–Trinajstić information content (AvgIpc) is 2.19. The molecule has 12 heavy (non-hydrogen) atoms. The molecule has 1 aromatic heterocycles. The Hall–Kier alpha value is -0.890. The first-order valence-corrected chi connectivity index (χ1v) is 4.45. The maximum Gasteiger partial charge on any atom is 0.0539 e. The van der Waals surface area contributed by atoms with Crippen LogP contribution in [0.3, 0.4) is 0 Å². The zero-order valence-electron chi connectivity index (χ0n) is 7.96. The molecule has 0 unspecified atom stereocenters. The first kappa shape index (κ1) is 11.1. The van der Waals surface area contributed by atoms with Crippen molar-refractivity contribution >= 4 is 0 Å². The number of rotatable bonds is 2. The van der Waals surface area contributed by atoms with Gasteiger partial charge < -0.3 is 5.73 Å². The molecule has 0 atom stereocenters. The summed E-state index contributed by atoms with van der Waals surface area (Å²) >= 11 is 0. The van der Waals surface area contributed by atoms with E-state index < -0.39 is 0 Å². The topological polar surface area (TPSA) is 38.9 Å². The largest absolute Gasteiger partial charge is 0.325 e. The fourth-order valence-electron chi connectivity index (χ4n) is 0.519. The van der Waals surface area contributed by atoms with Crippen molar-refractivity contribution < 1.29 is 0 Å². The summed E-state index contributed by atoms with van der Waals surface area (Å²) in [6, 6.07) is 5.70. The molecule has 2 heteroatoms. The van der Waals surface area contributed by atoms with Crippen LogP contribution in [0.4, 0.5) is 0 Å². The molecule has 0 spiro atoms. The maximum absolute atomic E-state index is 5.29. The number of pyridine rings is 1. The molecule has 2 nitrogen and oxygen atoms in total. The van der Waals surface area contributed by atoms with E-state index in [1.807, 2.05) is 18.2 Å². The number of aromatic nitrogens is 1. The summed E-state index contributed by atoms with van der Waals surface area (Å²) in [7, 11) is 0. The van der Waals surface area contributed by atoms with Gasteiger partial charge in [0.05, 0.1) is 5.69 Å². The molecule has 68 valence electrons. The van der Waals surface area contributed by atoms with Gasteiger partial charge in [-0.1, -0.05) is 32.8 Å². The van der Waals surface area contributed by atoms with Gasteiger partial charge in [0.25, 0.3) is 0 Å². The van der Waals surface area contributed by atoms with Crippen molar-refractivity contribution in [1.29, 1.82) is 0 Å². The van der Waals surface area contributed by atoms with Crippen molar-refractivity contribution in [2.75, 3.05) is 0 Å². The zero-order valence-corrected chi connectivity index (χ0v) is 7.96. The van der Waals surface area contributed by atoms with Crippen LogP contribution in [0.2, 0.25) is 0 Å². The van der Waals surface area contributed by atoms with Gasteiger partial charge in [-0.25, -0.2) is 0 Å². The molecule has 1 aromatic rings. The lowest BCUT2D eigenvalue weighted by atomic mass is 10.4. The number of nitrogens with zero attached hydrogens (tertiary/aromatic N) is 1. The molecule has 1 heterocycles. The van der Waals surface area contributed by atoms with Crippen LogP contribution in [0.15, 0.2) is 24.4 Å². The Labute approximate surface area is 74.8 Å². The second kappa shape index (κ2) is 8.21. The summed E-state index contributed by atoms with van der Waals surface area (Å²) in [6.45, 7) is 4.89. The maximum atomic E-state index is 5.29. The molecule has 0 bridgehead atoms. The van der Waals surface area contributed by atoms with Crippen LogP contribution in [0.25, 0.3) is 0 Å². The molecule has 0 aliphatic carbocycles. The smallest absolute Gasteiger partial charge is 0.0539 e. The third-order valence-electron chi connectivity index (χ3n) is 1.44. The third-order valence-corrected chi connectivity index (χ3v) is 1.44. The highest BCUT2D eigenvalue weighted by Gasteiger charge is 1.81. The first-order chi connectivity index (χ1) is 5.85. The predicted octanol–water partition coefficient (Wildman–Crippen LogP) is 2.35. The van der Waals surface area contributed by atoms with Crippen molar-refractivity contribution in [3.8, 4) is 0 Å². The Morgan fingerprint density at radius 1 is 1.25 bits per heavy atom. The lowest BCUT2D eigenvalue weighted by Gasteiger charge is -1.89. The van der Waals surface area contributed by atoms with E-state index in [9.17, 15) is 0 Å². The zero-order chi connectivity index (χ0) is 9.23. The second-order valence-corrected chi connectivity index (χ2v) is 2.53. The second-order valence-electron chi connectivity index (χ2n) is 2.53. The van der Waals surface area contributed by atoms with Crippen molar-refractivity contribution in [1.82, 2.24) is 4.98 Å². The number of nitrogens with two attached hydrogens (primary N) is 1. The molecule has 0 saturated heterocycles. The fraction of sp³-hybridized carbons (Fsp3) is 0.500. The molecular weight excluding hydrogens is 148 g/mol.